The van der Waals surface area contributed by atoms with Crippen LogP contribution in [-0.2, 0) is 30.0 Å². The van der Waals surface area contributed by atoms with Crippen LogP contribution in [0.25, 0.3) is 0 Å². The molecular weight excluding hydrogens is 684 g/mol. The lowest BCUT2D eigenvalue weighted by molar-refractivity contribution is -0.164. The fourth-order valence-electron chi connectivity index (χ4n) is 5.54. The molecule has 3 amide bonds. The van der Waals surface area contributed by atoms with Gasteiger partial charge in [0, 0.05) is 12.1 Å². The van der Waals surface area contributed by atoms with Crippen molar-refractivity contribution in [2.45, 2.75) is 62.5 Å². The van der Waals surface area contributed by atoms with Crippen molar-refractivity contribution >= 4 is 52.1 Å². The second kappa shape index (κ2) is 13.3. The Hall–Kier alpha value is -4.70. The highest BCUT2D eigenvalue weighted by Crippen LogP contribution is 2.43. The summed E-state index contributed by atoms with van der Waals surface area (Å²) in [5, 5.41) is 8.87. The van der Waals surface area contributed by atoms with Crippen molar-refractivity contribution in [1.29, 1.82) is 0 Å². The van der Waals surface area contributed by atoms with Gasteiger partial charge in [-0.15, -0.1) is 22.0 Å². The van der Waals surface area contributed by atoms with Gasteiger partial charge >= 0.3 is 18.2 Å². The minimum Gasteiger partial charge on any atom is -0.451 e. The number of amides is 3. The smallest absolute Gasteiger partial charge is 0.445 e. The number of carbonyl (C=O) groups is 4. The molecule has 16 heteroatoms. The quantitative estimate of drug-likeness (QED) is 0.189. The van der Waals surface area contributed by atoms with E-state index in [1.54, 1.807) is 50.4 Å². The number of hydrogen-bond donors (Lipinski definition) is 1. The van der Waals surface area contributed by atoms with Crippen molar-refractivity contribution in [2.24, 2.45) is 0 Å². The number of benzene rings is 2. The number of esters is 1. The maximum Gasteiger partial charge on any atom is 0.445 e. The van der Waals surface area contributed by atoms with Gasteiger partial charge in [0.1, 0.15) is 17.0 Å². The minimum atomic E-state index is -4.71. The van der Waals surface area contributed by atoms with Gasteiger partial charge in [-0.2, -0.15) is 13.2 Å². The van der Waals surface area contributed by atoms with Gasteiger partial charge < -0.3 is 19.7 Å². The Kier molecular flexibility index (Phi) is 9.28. The number of anilines is 1. The number of β-lactam (4-membered cyclic amide) rings is 1. The first-order chi connectivity index (χ1) is 23.2. The molecule has 0 saturated carbocycles. The van der Waals surface area contributed by atoms with Gasteiger partial charge in [0.25, 0.3) is 5.91 Å². The summed E-state index contributed by atoms with van der Waals surface area (Å²) in [4.78, 5) is 56.2. The number of hydrogen-bond acceptors (Lipinski definition) is 10. The summed E-state index contributed by atoms with van der Waals surface area (Å²) in [6, 6.07) is 15.8. The Morgan fingerprint density at radius 1 is 1.00 bits per heavy atom. The normalized spacial score (nSPS) is 21.7. The molecule has 0 radical (unpaired) electrons. The molecule has 0 bridgehead atoms. The van der Waals surface area contributed by atoms with E-state index in [-0.39, 0.29) is 40.6 Å². The average molecular weight is 714 g/mol. The first-order valence-corrected chi connectivity index (χ1v) is 16.9. The fraction of sp³-hybridized carbons (Fsp3) is 0.333. The number of halogens is 3. The second-order valence-corrected chi connectivity index (χ2v) is 14.3. The summed E-state index contributed by atoms with van der Waals surface area (Å²) in [6.07, 6.45) is -4.74. The van der Waals surface area contributed by atoms with Crippen LogP contribution in [-0.4, -0.2) is 68.6 Å². The first kappa shape index (κ1) is 34.2. The van der Waals surface area contributed by atoms with E-state index in [9.17, 15) is 32.3 Å². The zero-order valence-corrected chi connectivity index (χ0v) is 28.0. The van der Waals surface area contributed by atoms with E-state index < -0.39 is 64.2 Å². The Bertz CT molecular complexity index is 1790. The van der Waals surface area contributed by atoms with Crippen LogP contribution >= 0.6 is 23.1 Å². The monoisotopic (exact) mass is 713 g/mol. The van der Waals surface area contributed by atoms with Crippen LogP contribution in [0.15, 0.2) is 83.3 Å². The number of rotatable bonds is 7. The standard InChI is InChI=1S/C33H30F3N5O6S2/c1-32(2,3)47-31(45)37-22-26(43)41-23(28(44)46-24(18-10-6-4-7-11-18)19-12-8-5-9-13-19)21(17-48-27(22)41)16-20-14-15-40(25(20)42)30-39-38-29(49-30)33(34,35)36/h4-13,16-17,22-24,27H,14-15H2,1-3H3,(H,37,45)/b20-16+/t22-,23-,27-/m1/s1. The molecule has 11 nitrogen and oxygen atoms in total. The predicted molar refractivity (Wildman–Crippen MR) is 174 cm³/mol. The molecule has 4 heterocycles. The van der Waals surface area contributed by atoms with Gasteiger partial charge in [-0.3, -0.25) is 14.5 Å². The molecule has 2 aromatic carbocycles. The molecule has 3 aliphatic heterocycles. The number of fused-ring (bicyclic) bond motifs is 1. The molecule has 6 rings (SSSR count). The number of nitrogens with one attached hydrogen (secondary N) is 1. The third-order valence-electron chi connectivity index (χ3n) is 7.70. The van der Waals surface area contributed by atoms with Crippen LogP contribution in [0.3, 0.4) is 0 Å². The Labute approximate surface area is 287 Å². The van der Waals surface area contributed by atoms with Crippen LogP contribution in [0, 0.1) is 0 Å². The van der Waals surface area contributed by atoms with Gasteiger partial charge in [0.15, 0.2) is 12.1 Å². The van der Waals surface area contributed by atoms with Gasteiger partial charge in [-0.05, 0) is 55.4 Å². The Morgan fingerprint density at radius 3 is 2.20 bits per heavy atom. The third kappa shape index (κ3) is 7.20. The van der Waals surface area contributed by atoms with Gasteiger partial charge in [0.05, 0.1) is 0 Å². The molecule has 0 spiro atoms. The zero-order valence-electron chi connectivity index (χ0n) is 26.3. The molecule has 3 atom stereocenters. The highest BCUT2D eigenvalue weighted by molar-refractivity contribution is 8.03. The highest BCUT2D eigenvalue weighted by atomic mass is 32.2. The number of thioether (sulfide) groups is 1. The second-order valence-electron chi connectivity index (χ2n) is 12.3. The van der Waals surface area contributed by atoms with E-state index in [4.69, 9.17) is 9.47 Å². The Morgan fingerprint density at radius 2 is 1.63 bits per heavy atom. The fourth-order valence-corrected chi connectivity index (χ4v) is 7.47. The summed E-state index contributed by atoms with van der Waals surface area (Å²) in [7, 11) is 0. The van der Waals surface area contributed by atoms with Crippen molar-refractivity contribution in [3.8, 4) is 0 Å². The predicted octanol–water partition coefficient (Wildman–Crippen LogP) is 5.61. The molecular formula is C33H30F3N5O6S2. The summed E-state index contributed by atoms with van der Waals surface area (Å²) in [5.41, 5.74) is 1.03. The molecule has 1 N–H and O–H groups in total. The molecule has 0 aliphatic carbocycles. The van der Waals surface area contributed by atoms with Crippen molar-refractivity contribution < 1.29 is 41.8 Å². The Balaban J connectivity index is 1.31. The van der Waals surface area contributed by atoms with Crippen molar-refractivity contribution in [3.05, 3.63) is 99.4 Å². The maximum atomic E-state index is 14.2. The average Bonchev–Trinajstić information content (AvgIpc) is 3.69. The van der Waals surface area contributed by atoms with Gasteiger partial charge in [-0.1, -0.05) is 72.0 Å². The van der Waals surface area contributed by atoms with Crippen LogP contribution in [0.4, 0.5) is 23.1 Å². The lowest BCUT2D eigenvalue weighted by Gasteiger charge is -2.51. The number of nitrogens with zero attached hydrogens (tertiary/aromatic N) is 4. The number of alkyl carbamates (subject to hydrolysis) is 1. The van der Waals surface area contributed by atoms with Crippen LogP contribution in [0.1, 0.15) is 49.4 Å². The molecule has 1 aromatic heterocycles. The van der Waals surface area contributed by atoms with Crippen molar-refractivity contribution in [3.63, 3.8) is 0 Å². The number of carbonyl (C=O) groups excluding carboxylic acids is 4. The topological polar surface area (TPSA) is 131 Å². The summed E-state index contributed by atoms with van der Waals surface area (Å²) in [5.74, 6) is -1.94. The van der Waals surface area contributed by atoms with E-state index >= 15 is 0 Å². The van der Waals surface area contributed by atoms with E-state index in [0.29, 0.717) is 11.1 Å². The summed E-state index contributed by atoms with van der Waals surface area (Å²) in [6.45, 7) is 5.11. The number of ether oxygens (including phenoxy) is 2. The van der Waals surface area contributed by atoms with E-state index in [1.807, 2.05) is 36.4 Å². The van der Waals surface area contributed by atoms with E-state index in [0.717, 1.165) is 16.7 Å². The van der Waals surface area contributed by atoms with Crippen molar-refractivity contribution in [1.82, 2.24) is 20.4 Å². The molecule has 256 valence electrons. The highest BCUT2D eigenvalue weighted by Gasteiger charge is 2.56. The number of aromatic nitrogens is 2. The third-order valence-corrected chi connectivity index (χ3v) is 9.88. The first-order valence-electron chi connectivity index (χ1n) is 15.1. The minimum absolute atomic E-state index is 0.0456. The molecule has 0 unspecified atom stereocenters. The zero-order chi connectivity index (χ0) is 35.1. The summed E-state index contributed by atoms with van der Waals surface area (Å²) >= 11 is 1.42. The molecule has 3 aliphatic rings. The largest absolute Gasteiger partial charge is 0.451 e. The molecule has 2 saturated heterocycles. The van der Waals surface area contributed by atoms with Gasteiger partial charge in [0.2, 0.25) is 16.0 Å². The maximum absolute atomic E-state index is 14.2. The molecule has 49 heavy (non-hydrogen) atoms. The SMILES string of the molecule is CC(C)(C)OC(=O)N[C@@H]1C(=O)N2[C@@H](C(=O)OC(c3ccccc3)c3ccccc3)C(/C=C3\CCN(c4nnc(C(F)(F)F)s4)C3=O)=CS[C@H]12. The van der Waals surface area contributed by atoms with E-state index in [2.05, 4.69) is 15.5 Å². The van der Waals surface area contributed by atoms with Crippen LogP contribution in [0.5, 0.6) is 0 Å². The lowest BCUT2D eigenvalue weighted by atomic mass is 9.95. The lowest BCUT2D eigenvalue weighted by Crippen LogP contribution is -2.74. The van der Waals surface area contributed by atoms with Crippen LogP contribution in [0.2, 0.25) is 0 Å². The van der Waals surface area contributed by atoms with E-state index in [1.165, 1.54) is 11.0 Å². The molecule has 2 fully saturated rings. The summed E-state index contributed by atoms with van der Waals surface area (Å²) < 4.78 is 50.9. The van der Waals surface area contributed by atoms with Gasteiger partial charge in [-0.25, -0.2) is 9.59 Å². The number of alkyl halides is 3. The van der Waals surface area contributed by atoms with Crippen LogP contribution < -0.4 is 10.2 Å². The molecule has 3 aromatic rings. The van der Waals surface area contributed by atoms with Crippen molar-refractivity contribution in [2.75, 3.05) is 11.4 Å².